The molecule has 0 heterocycles. The maximum Gasteiger partial charge on any atom is 0.140 e. The van der Waals surface area contributed by atoms with Gasteiger partial charge in [-0.1, -0.05) is 0 Å². The molecular formula is C13H13NO2. The van der Waals surface area contributed by atoms with Crippen LogP contribution in [0.4, 0.5) is 0 Å². The Hall–Kier alpha value is -2.13. The minimum absolute atomic E-state index is 0.499. The summed E-state index contributed by atoms with van der Waals surface area (Å²) in [4.78, 5) is 0. The van der Waals surface area contributed by atoms with Crippen LogP contribution in [0.5, 0.6) is 11.5 Å². The predicted octanol–water partition coefficient (Wildman–Crippen LogP) is 2.36. The number of nitrogens with zero attached hydrogens (tertiary/aromatic N) is 1. The fourth-order valence-corrected chi connectivity index (χ4v) is 1.22. The summed E-state index contributed by atoms with van der Waals surface area (Å²) in [6.07, 6.45) is 6.65. The van der Waals surface area contributed by atoms with E-state index in [2.05, 4.69) is 5.92 Å². The van der Waals surface area contributed by atoms with Gasteiger partial charge in [0.05, 0.1) is 19.3 Å². The van der Waals surface area contributed by atoms with E-state index < -0.39 is 0 Å². The molecule has 0 fully saturated rings. The van der Waals surface area contributed by atoms with Gasteiger partial charge in [-0.3, -0.25) is 0 Å². The molecule has 0 radical (unpaired) electrons. The molecular weight excluding hydrogens is 202 g/mol. The zero-order valence-corrected chi connectivity index (χ0v) is 9.19. The van der Waals surface area contributed by atoms with Crippen molar-refractivity contribution in [3.63, 3.8) is 0 Å². The second kappa shape index (κ2) is 6.37. The first-order chi connectivity index (χ1) is 7.81. The summed E-state index contributed by atoms with van der Waals surface area (Å²) in [5.74, 6) is 3.76. The van der Waals surface area contributed by atoms with E-state index in [1.54, 1.807) is 18.2 Å². The molecule has 0 bridgehead atoms. The van der Waals surface area contributed by atoms with E-state index in [-0.39, 0.29) is 0 Å². The Kier molecular flexibility index (Phi) is 4.76. The number of methoxy groups -OCH3 is 1. The number of terminal acetylenes is 1. The maximum atomic E-state index is 8.79. The van der Waals surface area contributed by atoms with Gasteiger partial charge in [0.2, 0.25) is 0 Å². The van der Waals surface area contributed by atoms with Crippen molar-refractivity contribution in [2.75, 3.05) is 13.7 Å². The number of benzene rings is 1. The summed E-state index contributed by atoms with van der Waals surface area (Å²) in [6, 6.07) is 7.17. The van der Waals surface area contributed by atoms with Crippen molar-refractivity contribution in [3.8, 4) is 29.9 Å². The fraction of sp³-hybridized carbons (Fsp3) is 0.308. The highest BCUT2D eigenvalue weighted by atomic mass is 16.5. The molecule has 82 valence electrons. The van der Waals surface area contributed by atoms with Gasteiger partial charge in [0, 0.05) is 12.5 Å². The molecule has 16 heavy (non-hydrogen) atoms. The third kappa shape index (κ3) is 3.22. The molecule has 3 heteroatoms. The molecule has 1 rings (SSSR count). The highest BCUT2D eigenvalue weighted by Crippen LogP contribution is 2.23. The van der Waals surface area contributed by atoms with Crippen molar-refractivity contribution in [1.82, 2.24) is 0 Å². The number of rotatable bonds is 5. The number of unbranched alkanes of at least 4 members (excludes halogenated alkanes) is 1. The van der Waals surface area contributed by atoms with Gasteiger partial charge in [-0.25, -0.2) is 0 Å². The normalized spacial score (nSPS) is 8.94. The summed E-state index contributed by atoms with van der Waals surface area (Å²) in [5.41, 5.74) is 0.499. The van der Waals surface area contributed by atoms with Crippen molar-refractivity contribution in [3.05, 3.63) is 23.8 Å². The molecule has 0 saturated carbocycles. The Bertz CT molecular complexity index is 427. The van der Waals surface area contributed by atoms with Crippen LogP contribution in [0, 0.1) is 23.7 Å². The monoisotopic (exact) mass is 215 g/mol. The standard InChI is InChI=1S/C13H13NO2/c1-3-4-5-8-16-12-7-6-11(10-14)13(9-12)15-2/h1,6-7,9H,4-5,8H2,2H3. The Morgan fingerprint density at radius 2 is 2.25 bits per heavy atom. The van der Waals surface area contributed by atoms with Crippen LogP contribution in [0.15, 0.2) is 18.2 Å². The summed E-state index contributed by atoms with van der Waals surface area (Å²) in [7, 11) is 1.53. The lowest BCUT2D eigenvalue weighted by molar-refractivity contribution is 0.310. The molecule has 0 atom stereocenters. The second-order valence-corrected chi connectivity index (χ2v) is 3.13. The molecule has 0 aliphatic heterocycles. The van der Waals surface area contributed by atoms with Crippen LogP contribution < -0.4 is 9.47 Å². The lowest BCUT2D eigenvalue weighted by atomic mass is 10.2. The van der Waals surface area contributed by atoms with Gasteiger partial charge in [-0.15, -0.1) is 12.3 Å². The van der Waals surface area contributed by atoms with E-state index in [1.165, 1.54) is 7.11 Å². The molecule has 0 N–H and O–H groups in total. The molecule has 0 aromatic heterocycles. The Morgan fingerprint density at radius 3 is 2.88 bits per heavy atom. The summed E-state index contributed by atoms with van der Waals surface area (Å²) >= 11 is 0. The van der Waals surface area contributed by atoms with E-state index >= 15 is 0 Å². The first-order valence-electron chi connectivity index (χ1n) is 4.96. The third-order valence-corrected chi connectivity index (χ3v) is 2.03. The van der Waals surface area contributed by atoms with Crippen LogP contribution in [0.2, 0.25) is 0 Å². The van der Waals surface area contributed by atoms with Crippen molar-refractivity contribution >= 4 is 0 Å². The number of hydrogen-bond donors (Lipinski definition) is 0. The fourth-order valence-electron chi connectivity index (χ4n) is 1.22. The van der Waals surface area contributed by atoms with Gasteiger partial charge in [0.1, 0.15) is 17.6 Å². The Morgan fingerprint density at radius 1 is 1.44 bits per heavy atom. The van der Waals surface area contributed by atoms with Gasteiger partial charge in [-0.05, 0) is 18.6 Å². The molecule has 0 saturated heterocycles. The van der Waals surface area contributed by atoms with Gasteiger partial charge < -0.3 is 9.47 Å². The molecule has 1 aromatic carbocycles. The summed E-state index contributed by atoms with van der Waals surface area (Å²) in [5, 5.41) is 8.79. The Labute approximate surface area is 95.6 Å². The van der Waals surface area contributed by atoms with E-state index in [9.17, 15) is 0 Å². The Balaban J connectivity index is 2.62. The number of hydrogen-bond acceptors (Lipinski definition) is 3. The van der Waals surface area contributed by atoms with Gasteiger partial charge in [-0.2, -0.15) is 5.26 Å². The lowest BCUT2D eigenvalue weighted by Crippen LogP contribution is -1.97. The van der Waals surface area contributed by atoms with E-state index in [1.807, 2.05) is 6.07 Å². The molecule has 0 aliphatic carbocycles. The second-order valence-electron chi connectivity index (χ2n) is 3.13. The number of nitriles is 1. The van der Waals surface area contributed by atoms with Crippen molar-refractivity contribution in [1.29, 1.82) is 5.26 Å². The quantitative estimate of drug-likeness (QED) is 0.559. The minimum atomic E-state index is 0.499. The third-order valence-electron chi connectivity index (χ3n) is 2.03. The smallest absolute Gasteiger partial charge is 0.140 e. The van der Waals surface area contributed by atoms with Crippen molar-refractivity contribution < 1.29 is 9.47 Å². The molecule has 0 amide bonds. The zero-order chi connectivity index (χ0) is 11.8. The van der Waals surface area contributed by atoms with Crippen LogP contribution in [-0.2, 0) is 0 Å². The first-order valence-corrected chi connectivity index (χ1v) is 4.96. The summed E-state index contributed by atoms with van der Waals surface area (Å²) in [6.45, 7) is 0.569. The van der Waals surface area contributed by atoms with E-state index in [4.69, 9.17) is 21.2 Å². The zero-order valence-electron chi connectivity index (χ0n) is 9.19. The van der Waals surface area contributed by atoms with Gasteiger partial charge in [0.15, 0.2) is 0 Å². The topological polar surface area (TPSA) is 42.2 Å². The first kappa shape index (κ1) is 11.9. The molecule has 0 unspecified atom stereocenters. The predicted molar refractivity (Wildman–Crippen MR) is 61.3 cm³/mol. The van der Waals surface area contributed by atoms with E-state index in [0.29, 0.717) is 30.1 Å². The number of ether oxygens (including phenoxy) is 2. The van der Waals surface area contributed by atoms with Crippen LogP contribution in [0.1, 0.15) is 18.4 Å². The lowest BCUT2D eigenvalue weighted by Gasteiger charge is -2.07. The largest absolute Gasteiger partial charge is 0.495 e. The average molecular weight is 215 g/mol. The average Bonchev–Trinajstić information content (AvgIpc) is 2.34. The summed E-state index contributed by atoms with van der Waals surface area (Å²) < 4.78 is 10.5. The highest BCUT2D eigenvalue weighted by Gasteiger charge is 2.03. The van der Waals surface area contributed by atoms with Crippen LogP contribution in [0.25, 0.3) is 0 Å². The van der Waals surface area contributed by atoms with Crippen LogP contribution in [-0.4, -0.2) is 13.7 Å². The SMILES string of the molecule is C#CCCCOc1ccc(C#N)c(OC)c1. The van der Waals surface area contributed by atoms with Crippen LogP contribution >= 0.6 is 0 Å². The molecule has 0 spiro atoms. The van der Waals surface area contributed by atoms with E-state index in [0.717, 1.165) is 6.42 Å². The maximum absolute atomic E-state index is 8.79. The molecule has 1 aromatic rings. The van der Waals surface area contributed by atoms with Crippen LogP contribution in [0.3, 0.4) is 0 Å². The van der Waals surface area contributed by atoms with Gasteiger partial charge >= 0.3 is 0 Å². The van der Waals surface area contributed by atoms with Gasteiger partial charge in [0.25, 0.3) is 0 Å². The van der Waals surface area contributed by atoms with Crippen molar-refractivity contribution in [2.45, 2.75) is 12.8 Å². The van der Waals surface area contributed by atoms with Crippen molar-refractivity contribution in [2.24, 2.45) is 0 Å². The highest BCUT2D eigenvalue weighted by molar-refractivity contribution is 5.47. The minimum Gasteiger partial charge on any atom is -0.495 e. The molecule has 3 nitrogen and oxygen atoms in total. The molecule has 0 aliphatic rings.